The van der Waals surface area contributed by atoms with Crippen molar-refractivity contribution in [2.24, 2.45) is 0 Å². The maximum absolute atomic E-state index is 14.5. The number of aromatic amines is 1. The van der Waals surface area contributed by atoms with E-state index in [2.05, 4.69) is 9.83 Å². The van der Waals surface area contributed by atoms with E-state index in [1.54, 1.807) is 13.0 Å². The van der Waals surface area contributed by atoms with E-state index in [0.29, 0.717) is 22.2 Å². The van der Waals surface area contributed by atoms with Crippen LogP contribution in [0.15, 0.2) is 54.7 Å². The van der Waals surface area contributed by atoms with E-state index in [9.17, 15) is 9.18 Å². The molecule has 0 aliphatic rings. The zero-order valence-corrected chi connectivity index (χ0v) is 13.5. The Morgan fingerprint density at radius 2 is 2.04 bits per heavy atom. The highest BCUT2D eigenvalue weighted by atomic mass is 19.1. The third-order valence-corrected chi connectivity index (χ3v) is 3.78. The van der Waals surface area contributed by atoms with E-state index in [-0.39, 0.29) is 12.1 Å². The van der Waals surface area contributed by atoms with Crippen molar-refractivity contribution in [3.8, 4) is 0 Å². The summed E-state index contributed by atoms with van der Waals surface area (Å²) in [4.78, 5) is 18.2. The maximum atomic E-state index is 14.5. The Balaban J connectivity index is 2.21. The molecule has 1 aromatic heterocycles. The van der Waals surface area contributed by atoms with Gasteiger partial charge in [-0.05, 0) is 29.7 Å². The van der Waals surface area contributed by atoms with E-state index < -0.39 is 11.8 Å². The fraction of sp³-hybridized carbons (Fsp3) is 0.100. The molecule has 124 valence electrons. The van der Waals surface area contributed by atoms with Crippen LogP contribution >= 0.6 is 0 Å². The molecule has 0 radical (unpaired) electrons. The molecule has 2 aromatic carbocycles. The number of esters is 1. The number of fused-ring (bicyclic) bond motifs is 1. The molecular formula is C20H15FN2O2. The lowest BCUT2D eigenvalue weighted by molar-refractivity contribution is -0.137. The Morgan fingerprint density at radius 1 is 1.28 bits per heavy atom. The van der Waals surface area contributed by atoms with Gasteiger partial charge >= 0.3 is 5.97 Å². The Morgan fingerprint density at radius 3 is 2.72 bits per heavy atom. The Kier molecular flexibility index (Phi) is 4.62. The van der Waals surface area contributed by atoms with Crippen molar-refractivity contribution in [2.45, 2.75) is 6.92 Å². The van der Waals surface area contributed by atoms with Gasteiger partial charge in [-0.3, -0.25) is 0 Å². The summed E-state index contributed by atoms with van der Waals surface area (Å²) in [7, 11) is 0. The minimum absolute atomic E-state index is 0.254. The predicted molar refractivity (Wildman–Crippen MR) is 94.7 cm³/mol. The van der Waals surface area contributed by atoms with Crippen molar-refractivity contribution < 1.29 is 13.9 Å². The molecular weight excluding hydrogens is 319 g/mol. The summed E-state index contributed by atoms with van der Waals surface area (Å²) in [6.45, 7) is 9.19. The number of H-pyrrole nitrogens is 1. The second-order valence-electron chi connectivity index (χ2n) is 5.34. The first-order valence-electron chi connectivity index (χ1n) is 7.76. The zero-order valence-electron chi connectivity index (χ0n) is 13.5. The van der Waals surface area contributed by atoms with Crippen molar-refractivity contribution in [1.29, 1.82) is 0 Å². The largest absolute Gasteiger partial charge is 0.463 e. The van der Waals surface area contributed by atoms with Crippen LogP contribution in [0.2, 0.25) is 0 Å². The first-order chi connectivity index (χ1) is 12.1. The molecule has 3 aromatic rings. The summed E-state index contributed by atoms with van der Waals surface area (Å²) in [5, 5.41) is 0.482. The van der Waals surface area contributed by atoms with Crippen LogP contribution in [0.5, 0.6) is 0 Å². The monoisotopic (exact) mass is 334 g/mol. The number of hydrogen-bond acceptors (Lipinski definition) is 2. The van der Waals surface area contributed by atoms with E-state index in [4.69, 9.17) is 11.3 Å². The number of hydrogen-bond donors (Lipinski definition) is 1. The van der Waals surface area contributed by atoms with Crippen LogP contribution in [0, 0.1) is 12.4 Å². The molecule has 25 heavy (non-hydrogen) atoms. The zero-order chi connectivity index (χ0) is 17.8. The van der Waals surface area contributed by atoms with Crippen molar-refractivity contribution in [2.75, 3.05) is 6.61 Å². The van der Waals surface area contributed by atoms with Gasteiger partial charge in [-0.2, -0.15) is 0 Å². The molecule has 0 unspecified atom stereocenters. The van der Waals surface area contributed by atoms with Gasteiger partial charge in [0.15, 0.2) is 0 Å². The Bertz CT molecular complexity index is 998. The number of rotatable bonds is 4. The molecule has 0 fully saturated rings. The summed E-state index contributed by atoms with van der Waals surface area (Å²) < 4.78 is 19.5. The average Bonchev–Trinajstić information content (AvgIpc) is 3.04. The average molecular weight is 334 g/mol. The summed E-state index contributed by atoms with van der Waals surface area (Å²) in [6.07, 6.45) is 2.82. The second-order valence-corrected chi connectivity index (χ2v) is 5.34. The lowest BCUT2D eigenvalue weighted by atomic mass is 9.96. The van der Waals surface area contributed by atoms with Crippen molar-refractivity contribution in [3.63, 3.8) is 0 Å². The highest BCUT2D eigenvalue weighted by molar-refractivity contribution is 6.00. The molecule has 0 bridgehead atoms. The summed E-state index contributed by atoms with van der Waals surface area (Å²) >= 11 is 0. The lowest BCUT2D eigenvalue weighted by Gasteiger charge is -2.10. The molecule has 0 saturated heterocycles. The van der Waals surface area contributed by atoms with Crippen LogP contribution in [0.25, 0.3) is 21.3 Å². The summed E-state index contributed by atoms with van der Waals surface area (Å²) in [5.74, 6) is -0.977. The molecule has 0 saturated carbocycles. The number of carbonyl (C=O) groups excluding carboxylic acids is 1. The van der Waals surface area contributed by atoms with Crippen LogP contribution in [0.1, 0.15) is 18.1 Å². The smallest absolute Gasteiger partial charge is 0.331 e. The summed E-state index contributed by atoms with van der Waals surface area (Å²) in [6, 6.07) is 12.3. The van der Waals surface area contributed by atoms with Gasteiger partial charge in [-0.25, -0.2) is 14.0 Å². The van der Waals surface area contributed by atoms with Crippen LogP contribution in [-0.2, 0) is 9.53 Å². The number of halogens is 1. The molecule has 5 heteroatoms. The first-order valence-corrected chi connectivity index (χ1v) is 7.76. The minimum atomic E-state index is -0.499. The number of nitrogens with one attached hydrogen (secondary N) is 1. The standard InChI is InChI=1S/C20H15FN2O2/c1-3-25-19(24)11-15(13-7-5-4-6-8-13)14-9-16-18(22-2)12-23-20(16)17(21)10-14/h4-12,23H,3H2,1H3/b15-11-. The molecule has 0 atom stereocenters. The van der Waals surface area contributed by atoms with Gasteiger partial charge in [0.05, 0.1) is 18.7 Å². The molecule has 0 spiro atoms. The van der Waals surface area contributed by atoms with Crippen molar-refractivity contribution in [3.05, 3.63) is 83.1 Å². The normalized spacial score (nSPS) is 11.3. The quantitative estimate of drug-likeness (QED) is 0.421. The maximum Gasteiger partial charge on any atom is 0.331 e. The SMILES string of the molecule is [C-]#[N+]c1c[nH]c2c(F)cc(/C(=C\C(=O)OCC)c3ccccc3)cc12. The van der Waals surface area contributed by atoms with Crippen LogP contribution in [-0.4, -0.2) is 17.6 Å². The van der Waals surface area contributed by atoms with Gasteiger partial charge in [-0.1, -0.05) is 36.4 Å². The van der Waals surface area contributed by atoms with E-state index in [1.165, 1.54) is 18.3 Å². The Labute approximate surface area is 144 Å². The fourth-order valence-corrected chi connectivity index (χ4v) is 2.67. The third-order valence-electron chi connectivity index (χ3n) is 3.78. The van der Waals surface area contributed by atoms with E-state index in [1.807, 2.05) is 30.3 Å². The van der Waals surface area contributed by atoms with Gasteiger partial charge in [0.25, 0.3) is 0 Å². The Hall–Kier alpha value is -3.39. The molecule has 4 nitrogen and oxygen atoms in total. The van der Waals surface area contributed by atoms with Crippen LogP contribution < -0.4 is 0 Å². The lowest BCUT2D eigenvalue weighted by Crippen LogP contribution is -2.02. The topological polar surface area (TPSA) is 46.5 Å². The molecule has 0 aliphatic heterocycles. The number of ether oxygens (including phenoxy) is 1. The van der Waals surface area contributed by atoms with Gasteiger partial charge < -0.3 is 9.72 Å². The minimum Gasteiger partial charge on any atom is -0.463 e. The second kappa shape index (κ2) is 7.02. The highest BCUT2D eigenvalue weighted by Gasteiger charge is 2.14. The van der Waals surface area contributed by atoms with Gasteiger partial charge in [-0.15, -0.1) is 0 Å². The van der Waals surface area contributed by atoms with E-state index in [0.717, 1.165) is 5.56 Å². The van der Waals surface area contributed by atoms with Crippen LogP contribution in [0.4, 0.5) is 10.1 Å². The number of benzene rings is 2. The fourth-order valence-electron chi connectivity index (χ4n) is 2.67. The summed E-state index contributed by atoms with van der Waals surface area (Å²) in [5.41, 5.74) is 2.41. The third kappa shape index (κ3) is 3.29. The van der Waals surface area contributed by atoms with Crippen molar-refractivity contribution >= 4 is 28.1 Å². The molecule has 1 N–H and O–H groups in total. The number of aromatic nitrogens is 1. The van der Waals surface area contributed by atoms with Gasteiger partial charge in [0.2, 0.25) is 5.69 Å². The number of carbonyl (C=O) groups is 1. The first kappa shape index (κ1) is 16.5. The molecule has 3 rings (SSSR count). The molecule has 0 amide bonds. The van der Waals surface area contributed by atoms with Crippen LogP contribution in [0.3, 0.4) is 0 Å². The van der Waals surface area contributed by atoms with Gasteiger partial charge in [0, 0.05) is 17.7 Å². The van der Waals surface area contributed by atoms with Crippen molar-refractivity contribution in [1.82, 2.24) is 4.98 Å². The molecule has 1 heterocycles. The molecule has 0 aliphatic carbocycles. The number of nitrogens with zero attached hydrogens (tertiary/aromatic N) is 1. The van der Waals surface area contributed by atoms with Gasteiger partial charge in [0.1, 0.15) is 5.82 Å². The predicted octanol–water partition coefficient (Wildman–Crippen LogP) is 4.85. The highest BCUT2D eigenvalue weighted by Crippen LogP contribution is 2.33. The van der Waals surface area contributed by atoms with E-state index >= 15 is 0 Å².